The van der Waals surface area contributed by atoms with Gasteiger partial charge in [0.15, 0.2) is 14.9 Å². The number of carboxylic acid groups (broad SMARTS) is 1. The Morgan fingerprint density at radius 3 is 2.37 bits per heavy atom. The van der Waals surface area contributed by atoms with Crippen molar-refractivity contribution in [1.82, 2.24) is 4.98 Å². The first-order valence-corrected chi connectivity index (χ1v) is 14.9. The van der Waals surface area contributed by atoms with E-state index in [0.717, 1.165) is 43.3 Å². The summed E-state index contributed by atoms with van der Waals surface area (Å²) in [5.74, 6) is -0.175. The maximum atomic E-state index is 13.7. The third kappa shape index (κ3) is 6.03. The van der Waals surface area contributed by atoms with Gasteiger partial charge in [0.2, 0.25) is 11.8 Å². The maximum Gasteiger partial charge on any atom is 0.348 e. The van der Waals surface area contributed by atoms with Crippen molar-refractivity contribution < 1.29 is 27.9 Å². The third-order valence-electron chi connectivity index (χ3n) is 7.07. The highest BCUT2D eigenvalue weighted by molar-refractivity contribution is 7.90. The molecule has 8 nitrogen and oxygen atoms in total. The van der Waals surface area contributed by atoms with Gasteiger partial charge in [-0.3, -0.25) is 4.79 Å². The van der Waals surface area contributed by atoms with E-state index in [1.54, 1.807) is 28.5 Å². The minimum Gasteiger partial charge on any atom is -0.477 e. The van der Waals surface area contributed by atoms with Gasteiger partial charge in [-0.05, 0) is 74.8 Å². The van der Waals surface area contributed by atoms with Crippen molar-refractivity contribution in [3.63, 3.8) is 0 Å². The quantitative estimate of drug-likeness (QED) is 0.558. The van der Waals surface area contributed by atoms with E-state index in [-0.39, 0.29) is 39.8 Å². The van der Waals surface area contributed by atoms with Gasteiger partial charge in [-0.25, -0.2) is 18.2 Å². The number of carbonyl (C=O) groups is 2. The lowest BCUT2D eigenvalue weighted by atomic mass is 9.81. The van der Waals surface area contributed by atoms with E-state index in [9.17, 15) is 23.1 Å². The van der Waals surface area contributed by atoms with E-state index in [1.165, 1.54) is 6.07 Å². The van der Waals surface area contributed by atoms with Crippen LogP contribution in [0.5, 0.6) is 5.88 Å². The number of aromatic carboxylic acids is 1. The summed E-state index contributed by atoms with van der Waals surface area (Å²) in [5.41, 5.74) is 0.498. The summed E-state index contributed by atoms with van der Waals surface area (Å²) in [6.07, 6.45) is 7.32. The molecular formula is C25H32N2O6S2. The fourth-order valence-electron chi connectivity index (χ4n) is 5.11. The molecule has 2 aliphatic rings. The molecule has 35 heavy (non-hydrogen) atoms. The predicted octanol–water partition coefficient (Wildman–Crippen LogP) is 4.79. The molecule has 2 aromatic rings. The minimum atomic E-state index is -3.43. The molecule has 1 amide bonds. The van der Waals surface area contributed by atoms with Crippen LogP contribution in [0.15, 0.2) is 34.7 Å². The van der Waals surface area contributed by atoms with Crippen molar-refractivity contribution in [2.24, 2.45) is 11.8 Å². The lowest BCUT2D eigenvalue weighted by Gasteiger charge is -2.39. The SMILES string of the molecule is CC1CCC(C(=O)N(c2ccsc2C(=O)O)C2CCC(Oc3cccc(S(C)(=O)=O)n3)CC2)CC1. The molecule has 2 aromatic heterocycles. The van der Waals surface area contributed by atoms with Crippen molar-refractivity contribution in [2.45, 2.75) is 75.5 Å². The molecule has 2 aliphatic carbocycles. The summed E-state index contributed by atoms with van der Waals surface area (Å²) in [6.45, 7) is 2.21. The van der Waals surface area contributed by atoms with Gasteiger partial charge < -0.3 is 14.7 Å². The second kappa shape index (κ2) is 10.7. The summed E-state index contributed by atoms with van der Waals surface area (Å²) >= 11 is 1.14. The Kier molecular flexibility index (Phi) is 7.80. The number of hydrogen-bond acceptors (Lipinski definition) is 7. The van der Waals surface area contributed by atoms with Gasteiger partial charge in [0.1, 0.15) is 11.0 Å². The molecule has 190 valence electrons. The first-order valence-electron chi connectivity index (χ1n) is 12.1. The highest BCUT2D eigenvalue weighted by Gasteiger charge is 2.37. The monoisotopic (exact) mass is 520 g/mol. The van der Waals surface area contributed by atoms with Crippen molar-refractivity contribution in [1.29, 1.82) is 0 Å². The fourth-order valence-corrected chi connectivity index (χ4v) is 6.41. The molecule has 2 heterocycles. The Bertz CT molecular complexity index is 1160. The zero-order chi connectivity index (χ0) is 25.2. The van der Waals surface area contributed by atoms with Crippen LogP contribution < -0.4 is 9.64 Å². The van der Waals surface area contributed by atoms with E-state index < -0.39 is 15.8 Å². The van der Waals surface area contributed by atoms with Crippen LogP contribution in [0.4, 0.5) is 5.69 Å². The standard InChI is InChI=1S/C25H32N2O6S2/c1-16-6-8-17(9-7-16)24(28)27(20-14-15-34-23(20)25(29)30)18-10-12-19(13-11-18)33-21-4-3-5-22(26-21)35(2,31)32/h3-5,14-19H,6-13H2,1-2H3,(H,29,30). The van der Waals surface area contributed by atoms with Gasteiger partial charge >= 0.3 is 5.97 Å². The average molecular weight is 521 g/mol. The normalized spacial score (nSPS) is 25.1. The Balaban J connectivity index is 1.49. The molecule has 0 unspecified atom stereocenters. The second-order valence-electron chi connectivity index (χ2n) is 9.74. The van der Waals surface area contributed by atoms with Crippen LogP contribution in [0.2, 0.25) is 0 Å². The number of carboxylic acids is 1. The van der Waals surface area contributed by atoms with Crippen LogP contribution in [0, 0.1) is 11.8 Å². The summed E-state index contributed by atoms with van der Waals surface area (Å²) in [6, 6.07) is 6.34. The van der Waals surface area contributed by atoms with Gasteiger partial charge in [-0.2, -0.15) is 0 Å². The lowest BCUT2D eigenvalue weighted by molar-refractivity contribution is -0.124. The van der Waals surface area contributed by atoms with E-state index in [1.807, 2.05) is 0 Å². The van der Waals surface area contributed by atoms with Crippen LogP contribution in [-0.2, 0) is 14.6 Å². The van der Waals surface area contributed by atoms with E-state index in [0.29, 0.717) is 37.3 Å². The molecule has 0 bridgehead atoms. The van der Waals surface area contributed by atoms with Crippen molar-refractivity contribution >= 4 is 38.7 Å². The predicted molar refractivity (Wildman–Crippen MR) is 134 cm³/mol. The smallest absolute Gasteiger partial charge is 0.348 e. The number of sulfone groups is 1. The Morgan fingerprint density at radius 2 is 1.74 bits per heavy atom. The lowest BCUT2D eigenvalue weighted by Crippen LogP contribution is -2.47. The molecular weight excluding hydrogens is 488 g/mol. The second-order valence-corrected chi connectivity index (χ2v) is 12.6. The Morgan fingerprint density at radius 1 is 1.06 bits per heavy atom. The van der Waals surface area contributed by atoms with Crippen LogP contribution in [-0.4, -0.2) is 48.8 Å². The molecule has 0 saturated heterocycles. The molecule has 0 aliphatic heterocycles. The number of anilines is 1. The summed E-state index contributed by atoms with van der Waals surface area (Å²) in [4.78, 5) is 31.7. The number of ether oxygens (including phenoxy) is 1. The van der Waals surface area contributed by atoms with Crippen LogP contribution in [0.25, 0.3) is 0 Å². The molecule has 1 N–H and O–H groups in total. The highest BCUT2D eigenvalue weighted by Crippen LogP contribution is 2.37. The summed E-state index contributed by atoms with van der Waals surface area (Å²) in [7, 11) is -3.43. The highest BCUT2D eigenvalue weighted by atomic mass is 32.2. The van der Waals surface area contributed by atoms with Crippen LogP contribution >= 0.6 is 11.3 Å². The zero-order valence-corrected chi connectivity index (χ0v) is 21.7. The Hall–Kier alpha value is -2.46. The Labute approximate surface area is 210 Å². The van der Waals surface area contributed by atoms with Crippen LogP contribution in [0.3, 0.4) is 0 Å². The van der Waals surface area contributed by atoms with Gasteiger partial charge in [-0.15, -0.1) is 11.3 Å². The number of pyridine rings is 1. The number of nitrogens with zero attached hydrogens (tertiary/aromatic N) is 2. The van der Waals surface area contributed by atoms with Crippen molar-refractivity contribution in [2.75, 3.05) is 11.2 Å². The molecule has 2 fully saturated rings. The number of amides is 1. The number of thiophene rings is 1. The van der Waals surface area contributed by atoms with Gasteiger partial charge in [0, 0.05) is 24.3 Å². The van der Waals surface area contributed by atoms with Crippen molar-refractivity contribution in [3.05, 3.63) is 34.5 Å². The summed E-state index contributed by atoms with van der Waals surface area (Å²) < 4.78 is 29.6. The van der Waals surface area contributed by atoms with Crippen molar-refractivity contribution in [3.8, 4) is 5.88 Å². The first-order chi connectivity index (χ1) is 16.6. The molecule has 0 spiro atoms. The van der Waals surface area contributed by atoms with Gasteiger partial charge in [-0.1, -0.05) is 13.0 Å². The molecule has 10 heteroatoms. The summed E-state index contributed by atoms with van der Waals surface area (Å²) in [5, 5.41) is 11.4. The first kappa shape index (κ1) is 25.6. The number of hydrogen-bond donors (Lipinski definition) is 1. The average Bonchev–Trinajstić information content (AvgIpc) is 3.30. The number of aromatic nitrogens is 1. The van der Waals surface area contributed by atoms with Gasteiger partial charge in [0.25, 0.3) is 0 Å². The number of rotatable bonds is 7. The minimum absolute atomic E-state index is 0.0269. The van der Waals surface area contributed by atoms with E-state index in [4.69, 9.17) is 4.74 Å². The molecule has 0 atom stereocenters. The zero-order valence-electron chi connectivity index (χ0n) is 20.1. The topological polar surface area (TPSA) is 114 Å². The fraction of sp³-hybridized carbons (Fsp3) is 0.560. The van der Waals surface area contributed by atoms with E-state index >= 15 is 0 Å². The maximum absolute atomic E-state index is 13.7. The molecule has 2 saturated carbocycles. The molecule has 0 radical (unpaired) electrons. The van der Waals surface area contributed by atoms with E-state index in [2.05, 4.69) is 11.9 Å². The van der Waals surface area contributed by atoms with Gasteiger partial charge in [0.05, 0.1) is 5.69 Å². The van der Waals surface area contributed by atoms with Crippen LogP contribution in [0.1, 0.15) is 68.0 Å². The molecule has 0 aromatic carbocycles. The largest absolute Gasteiger partial charge is 0.477 e. The molecule has 4 rings (SSSR count). The third-order valence-corrected chi connectivity index (χ3v) is 8.95. The number of carbonyl (C=O) groups excluding carboxylic acids is 1.